The number of aromatic nitrogens is 3. The fraction of sp³-hybridized carbons (Fsp3) is 0.750. The second kappa shape index (κ2) is 6.63. The maximum Gasteiger partial charge on any atom is 0.358 e. The lowest BCUT2D eigenvalue weighted by Crippen LogP contribution is -2.33. The molecule has 1 aromatic heterocycles. The van der Waals surface area contributed by atoms with Crippen molar-refractivity contribution in [3.05, 3.63) is 11.4 Å². The molecule has 7 heteroatoms. The minimum atomic E-state index is -1.06. The molecule has 0 radical (unpaired) electrons. The lowest BCUT2D eigenvalue weighted by Gasteiger charge is -2.26. The molecule has 0 unspecified atom stereocenters. The van der Waals surface area contributed by atoms with E-state index in [0.717, 1.165) is 19.6 Å². The van der Waals surface area contributed by atoms with Crippen LogP contribution in [-0.2, 0) is 17.9 Å². The molecule has 1 aromatic rings. The molecule has 0 atom stereocenters. The minimum Gasteiger partial charge on any atom is -0.476 e. The predicted octanol–water partition coefficient (Wildman–Crippen LogP) is 0.609. The summed E-state index contributed by atoms with van der Waals surface area (Å²) >= 11 is 0. The van der Waals surface area contributed by atoms with E-state index in [-0.39, 0.29) is 12.3 Å². The summed E-state index contributed by atoms with van der Waals surface area (Å²) in [7, 11) is 1.54. The van der Waals surface area contributed by atoms with Crippen LogP contribution in [0.2, 0.25) is 0 Å². The molecule has 2 rings (SSSR count). The number of ether oxygens (including phenoxy) is 1. The van der Waals surface area contributed by atoms with Crippen LogP contribution in [0.15, 0.2) is 0 Å². The van der Waals surface area contributed by atoms with Crippen molar-refractivity contribution >= 4 is 5.97 Å². The van der Waals surface area contributed by atoms with Gasteiger partial charge in [0.15, 0.2) is 5.69 Å². The largest absolute Gasteiger partial charge is 0.476 e. The molecular weight excluding hydrogens is 248 g/mol. The Morgan fingerprint density at radius 1 is 1.32 bits per heavy atom. The zero-order chi connectivity index (χ0) is 13.7. The first-order valence-electron chi connectivity index (χ1n) is 6.59. The second-order valence-corrected chi connectivity index (χ2v) is 4.75. The number of nitrogens with zero attached hydrogens (tertiary/aromatic N) is 4. The van der Waals surface area contributed by atoms with Crippen molar-refractivity contribution in [2.75, 3.05) is 26.7 Å². The Morgan fingerprint density at radius 3 is 2.68 bits per heavy atom. The van der Waals surface area contributed by atoms with Crippen molar-refractivity contribution in [3.63, 3.8) is 0 Å². The maximum atomic E-state index is 11.0. The van der Waals surface area contributed by atoms with E-state index in [1.165, 1.54) is 26.4 Å². The third-order valence-electron chi connectivity index (χ3n) is 3.40. The van der Waals surface area contributed by atoms with Crippen LogP contribution in [-0.4, -0.2) is 57.7 Å². The second-order valence-electron chi connectivity index (χ2n) is 4.75. The van der Waals surface area contributed by atoms with Gasteiger partial charge in [-0.2, -0.15) is 0 Å². The van der Waals surface area contributed by atoms with Gasteiger partial charge in [-0.15, -0.1) is 5.10 Å². The first kappa shape index (κ1) is 14.0. The van der Waals surface area contributed by atoms with Crippen molar-refractivity contribution in [2.45, 2.75) is 32.4 Å². The van der Waals surface area contributed by atoms with Crippen molar-refractivity contribution < 1.29 is 14.6 Å². The van der Waals surface area contributed by atoms with E-state index in [1.54, 1.807) is 4.68 Å². The number of methoxy groups -OCH3 is 1. The average molecular weight is 268 g/mol. The predicted molar refractivity (Wildman–Crippen MR) is 68.0 cm³/mol. The van der Waals surface area contributed by atoms with Crippen molar-refractivity contribution in [1.82, 2.24) is 19.9 Å². The molecule has 19 heavy (non-hydrogen) atoms. The normalized spacial score (nSPS) is 16.7. The number of carboxylic acid groups (broad SMARTS) is 1. The molecule has 106 valence electrons. The van der Waals surface area contributed by atoms with Crippen LogP contribution in [0.4, 0.5) is 0 Å². The van der Waals surface area contributed by atoms with E-state index in [1.807, 2.05) is 0 Å². The maximum absolute atomic E-state index is 11.0. The van der Waals surface area contributed by atoms with Crippen LogP contribution in [0.5, 0.6) is 0 Å². The summed E-state index contributed by atoms with van der Waals surface area (Å²) < 4.78 is 6.67. The Balaban J connectivity index is 2.00. The van der Waals surface area contributed by atoms with Crippen molar-refractivity contribution in [3.8, 4) is 0 Å². The topological polar surface area (TPSA) is 80.5 Å². The summed E-state index contributed by atoms with van der Waals surface area (Å²) in [4.78, 5) is 13.4. The van der Waals surface area contributed by atoms with Gasteiger partial charge in [0.05, 0.1) is 18.8 Å². The molecular formula is C12H20N4O3. The van der Waals surface area contributed by atoms with Crippen molar-refractivity contribution in [2.24, 2.45) is 0 Å². The molecule has 1 saturated heterocycles. The first-order chi connectivity index (χ1) is 9.22. The Morgan fingerprint density at radius 2 is 2.05 bits per heavy atom. The quantitative estimate of drug-likeness (QED) is 0.814. The van der Waals surface area contributed by atoms with Gasteiger partial charge in [0.1, 0.15) is 0 Å². The summed E-state index contributed by atoms with van der Waals surface area (Å²) in [6.45, 7) is 3.97. The molecule has 0 amide bonds. The molecule has 1 aliphatic heterocycles. The highest BCUT2D eigenvalue weighted by Gasteiger charge is 2.19. The lowest BCUT2D eigenvalue weighted by atomic mass is 10.1. The Bertz CT molecular complexity index is 427. The number of hydrogen-bond donors (Lipinski definition) is 1. The van der Waals surface area contributed by atoms with E-state index in [2.05, 4.69) is 15.2 Å². The SMILES string of the molecule is COCc1c(C(=O)O)nnn1CCN1CCCCC1. The molecule has 0 bridgehead atoms. The highest BCUT2D eigenvalue weighted by atomic mass is 16.5. The van der Waals surface area contributed by atoms with E-state index >= 15 is 0 Å². The molecule has 2 heterocycles. The number of carbonyl (C=O) groups is 1. The summed E-state index contributed by atoms with van der Waals surface area (Å²) in [6, 6.07) is 0. The number of likely N-dealkylation sites (tertiary alicyclic amines) is 1. The Kier molecular flexibility index (Phi) is 4.86. The highest BCUT2D eigenvalue weighted by Crippen LogP contribution is 2.10. The molecule has 1 fully saturated rings. The van der Waals surface area contributed by atoms with Crippen LogP contribution < -0.4 is 0 Å². The average Bonchev–Trinajstić information content (AvgIpc) is 2.81. The van der Waals surface area contributed by atoms with Crippen LogP contribution in [0.3, 0.4) is 0 Å². The standard InChI is InChI=1S/C12H20N4O3/c1-19-9-10-11(12(17)18)13-14-16(10)8-7-15-5-3-2-4-6-15/h2-9H2,1H3,(H,17,18). The first-order valence-corrected chi connectivity index (χ1v) is 6.59. The molecule has 1 aliphatic rings. The third-order valence-corrected chi connectivity index (χ3v) is 3.40. The van der Waals surface area contributed by atoms with Crippen molar-refractivity contribution in [1.29, 1.82) is 0 Å². The summed E-state index contributed by atoms with van der Waals surface area (Å²) in [5.41, 5.74) is 0.521. The molecule has 7 nitrogen and oxygen atoms in total. The fourth-order valence-electron chi connectivity index (χ4n) is 2.38. The Hall–Kier alpha value is -1.47. The van der Waals surface area contributed by atoms with Gasteiger partial charge in [-0.25, -0.2) is 9.48 Å². The molecule has 1 N–H and O–H groups in total. The third kappa shape index (κ3) is 3.51. The van der Waals surface area contributed by atoms with Crippen LogP contribution >= 0.6 is 0 Å². The van der Waals surface area contributed by atoms with Crippen LogP contribution in [0.1, 0.15) is 35.4 Å². The van der Waals surface area contributed by atoms with Gasteiger partial charge >= 0.3 is 5.97 Å². The lowest BCUT2D eigenvalue weighted by molar-refractivity contribution is 0.0684. The molecule has 0 aliphatic carbocycles. The van der Waals surface area contributed by atoms with Gasteiger partial charge in [-0.05, 0) is 25.9 Å². The van der Waals surface area contributed by atoms with E-state index in [4.69, 9.17) is 9.84 Å². The van der Waals surface area contributed by atoms with Crippen LogP contribution in [0.25, 0.3) is 0 Å². The summed E-state index contributed by atoms with van der Waals surface area (Å²) in [5, 5.41) is 16.7. The van der Waals surface area contributed by atoms with E-state index in [0.29, 0.717) is 12.2 Å². The van der Waals surface area contributed by atoms with Crippen LogP contribution in [0, 0.1) is 0 Å². The minimum absolute atomic E-state index is 0.0134. The van der Waals surface area contributed by atoms with Gasteiger partial charge in [0.2, 0.25) is 0 Å². The monoisotopic (exact) mass is 268 g/mol. The highest BCUT2D eigenvalue weighted by molar-refractivity contribution is 5.86. The van der Waals surface area contributed by atoms with Gasteiger partial charge in [0.25, 0.3) is 0 Å². The zero-order valence-electron chi connectivity index (χ0n) is 11.2. The van der Waals surface area contributed by atoms with Gasteiger partial charge in [0, 0.05) is 13.7 Å². The molecule has 0 spiro atoms. The number of rotatable bonds is 6. The smallest absolute Gasteiger partial charge is 0.358 e. The number of carboxylic acids is 1. The summed E-state index contributed by atoms with van der Waals surface area (Å²) in [6.07, 6.45) is 3.78. The molecule has 0 aromatic carbocycles. The number of piperidine rings is 1. The summed E-state index contributed by atoms with van der Waals surface area (Å²) in [5.74, 6) is -1.06. The van der Waals surface area contributed by atoms with Gasteiger partial charge in [-0.3, -0.25) is 0 Å². The van der Waals surface area contributed by atoms with E-state index < -0.39 is 5.97 Å². The number of hydrogen-bond acceptors (Lipinski definition) is 5. The van der Waals surface area contributed by atoms with Gasteiger partial charge < -0.3 is 14.7 Å². The zero-order valence-corrected chi connectivity index (χ0v) is 11.2. The fourth-order valence-corrected chi connectivity index (χ4v) is 2.38. The van der Waals surface area contributed by atoms with E-state index in [9.17, 15) is 4.79 Å². The number of aromatic carboxylic acids is 1. The molecule has 0 saturated carbocycles. The van der Waals surface area contributed by atoms with Gasteiger partial charge in [-0.1, -0.05) is 11.6 Å². The Labute approximate surface area is 112 Å².